The first kappa shape index (κ1) is 11.6. The molecule has 0 saturated carbocycles. The van der Waals surface area contributed by atoms with Gasteiger partial charge in [0.05, 0.1) is 0 Å². The fourth-order valence-electron chi connectivity index (χ4n) is 2.40. The first-order chi connectivity index (χ1) is 7.88. The van der Waals surface area contributed by atoms with E-state index in [4.69, 9.17) is 0 Å². The molecule has 1 N–H and O–H groups in total. The van der Waals surface area contributed by atoms with Crippen molar-refractivity contribution in [1.29, 1.82) is 0 Å². The van der Waals surface area contributed by atoms with Crippen LogP contribution >= 0.6 is 0 Å². The second-order valence-electron chi connectivity index (χ2n) is 4.59. The van der Waals surface area contributed by atoms with Gasteiger partial charge in [0.15, 0.2) is 0 Å². The second kappa shape index (κ2) is 6.02. The lowest BCUT2D eigenvalue weighted by Gasteiger charge is -2.22. The van der Waals surface area contributed by atoms with Crippen LogP contribution in [0.25, 0.3) is 0 Å². The monoisotopic (exact) mass is 218 g/mol. The Hall–Kier alpha value is -0.860. The molecule has 1 aromatic rings. The summed E-state index contributed by atoms with van der Waals surface area (Å²) in [4.78, 5) is 2.55. The Morgan fingerprint density at radius 3 is 2.88 bits per heavy atom. The highest BCUT2D eigenvalue weighted by atomic mass is 15.2. The fourth-order valence-corrected chi connectivity index (χ4v) is 2.40. The fraction of sp³-hybridized carbons (Fsp3) is 0.571. The van der Waals surface area contributed by atoms with Crippen LogP contribution in [-0.4, -0.2) is 37.1 Å². The van der Waals surface area contributed by atoms with Gasteiger partial charge in [-0.3, -0.25) is 0 Å². The second-order valence-corrected chi connectivity index (χ2v) is 4.59. The van der Waals surface area contributed by atoms with Crippen molar-refractivity contribution in [3.8, 4) is 0 Å². The summed E-state index contributed by atoms with van der Waals surface area (Å²) >= 11 is 0. The average molecular weight is 218 g/mol. The lowest BCUT2D eigenvalue weighted by molar-refractivity contribution is 0.280. The molecule has 0 spiro atoms. The molecule has 1 heterocycles. The van der Waals surface area contributed by atoms with Crippen molar-refractivity contribution in [3.63, 3.8) is 0 Å². The van der Waals surface area contributed by atoms with Crippen LogP contribution in [0.2, 0.25) is 0 Å². The molecule has 1 atom stereocenters. The third kappa shape index (κ3) is 3.32. The first-order valence-electron chi connectivity index (χ1n) is 6.38. The Balaban J connectivity index is 1.93. The number of rotatable bonds is 3. The zero-order valence-electron chi connectivity index (χ0n) is 10.2. The van der Waals surface area contributed by atoms with Gasteiger partial charge in [-0.1, -0.05) is 37.3 Å². The maximum Gasteiger partial charge on any atom is 0.0235 e. The quantitative estimate of drug-likeness (QED) is 0.834. The van der Waals surface area contributed by atoms with Gasteiger partial charge in [-0.15, -0.1) is 0 Å². The summed E-state index contributed by atoms with van der Waals surface area (Å²) in [5.41, 5.74) is 1.44. The van der Waals surface area contributed by atoms with Crippen molar-refractivity contribution >= 4 is 0 Å². The van der Waals surface area contributed by atoms with Crippen LogP contribution in [0.3, 0.4) is 0 Å². The molecule has 0 aromatic heterocycles. The van der Waals surface area contributed by atoms with E-state index in [0.717, 1.165) is 13.0 Å². The summed E-state index contributed by atoms with van der Waals surface area (Å²) in [6.07, 6.45) is 2.43. The molecule has 88 valence electrons. The number of nitrogens with zero attached hydrogens (tertiary/aromatic N) is 1. The normalized spacial score (nSPS) is 22.9. The highest BCUT2D eigenvalue weighted by Gasteiger charge is 2.16. The van der Waals surface area contributed by atoms with E-state index in [1.54, 1.807) is 0 Å². The topological polar surface area (TPSA) is 15.3 Å². The van der Waals surface area contributed by atoms with Gasteiger partial charge in [0.25, 0.3) is 0 Å². The molecule has 1 fully saturated rings. The van der Waals surface area contributed by atoms with Gasteiger partial charge in [-0.05, 0) is 38.0 Å². The number of likely N-dealkylation sites (N-methyl/N-ethyl adjacent to an activating group) is 1. The Morgan fingerprint density at radius 1 is 1.31 bits per heavy atom. The lowest BCUT2D eigenvalue weighted by atomic mass is 10.1. The molecule has 0 bridgehead atoms. The Morgan fingerprint density at radius 2 is 2.12 bits per heavy atom. The van der Waals surface area contributed by atoms with Crippen molar-refractivity contribution in [2.75, 3.05) is 26.2 Å². The van der Waals surface area contributed by atoms with E-state index >= 15 is 0 Å². The summed E-state index contributed by atoms with van der Waals surface area (Å²) in [5, 5.41) is 3.65. The zero-order chi connectivity index (χ0) is 11.2. The maximum atomic E-state index is 3.65. The molecule has 2 nitrogen and oxygen atoms in total. The number of hydrogen-bond donors (Lipinski definition) is 1. The van der Waals surface area contributed by atoms with Gasteiger partial charge in [-0.2, -0.15) is 0 Å². The predicted molar refractivity (Wildman–Crippen MR) is 68.7 cm³/mol. The molecule has 0 radical (unpaired) electrons. The minimum Gasteiger partial charge on any atom is -0.312 e. The van der Waals surface area contributed by atoms with Crippen LogP contribution in [0.5, 0.6) is 0 Å². The van der Waals surface area contributed by atoms with E-state index in [9.17, 15) is 0 Å². The summed E-state index contributed by atoms with van der Waals surface area (Å²) in [5.74, 6) is 0. The summed E-state index contributed by atoms with van der Waals surface area (Å²) < 4.78 is 0. The molecule has 1 aromatic carbocycles. The predicted octanol–water partition coefficient (Wildman–Crippen LogP) is 1.91. The summed E-state index contributed by atoms with van der Waals surface area (Å²) in [7, 11) is 0. The van der Waals surface area contributed by atoms with Gasteiger partial charge in [0.2, 0.25) is 0 Å². The van der Waals surface area contributed by atoms with Gasteiger partial charge in [0, 0.05) is 12.6 Å². The van der Waals surface area contributed by atoms with E-state index in [1.165, 1.54) is 31.6 Å². The minimum atomic E-state index is 0.616. The Kier molecular flexibility index (Phi) is 4.37. The Labute approximate surface area is 98.7 Å². The number of benzene rings is 1. The average Bonchev–Trinajstić information content (AvgIpc) is 2.55. The highest BCUT2D eigenvalue weighted by Crippen LogP contribution is 2.07. The van der Waals surface area contributed by atoms with Crippen LogP contribution in [0.1, 0.15) is 18.9 Å². The molecule has 0 amide bonds. The summed E-state index contributed by atoms with van der Waals surface area (Å²) in [6.45, 7) is 7.02. The lowest BCUT2D eigenvalue weighted by Crippen LogP contribution is -2.39. The van der Waals surface area contributed by atoms with E-state index < -0.39 is 0 Å². The van der Waals surface area contributed by atoms with Gasteiger partial charge in [0.1, 0.15) is 0 Å². The molecular formula is C14H22N2. The first-order valence-corrected chi connectivity index (χ1v) is 6.38. The summed E-state index contributed by atoms with van der Waals surface area (Å²) in [6, 6.07) is 11.4. The molecule has 2 rings (SSSR count). The van der Waals surface area contributed by atoms with Crippen LogP contribution in [-0.2, 0) is 6.42 Å². The van der Waals surface area contributed by atoms with Crippen molar-refractivity contribution in [3.05, 3.63) is 35.9 Å². The van der Waals surface area contributed by atoms with E-state index in [-0.39, 0.29) is 0 Å². The molecule has 0 aliphatic carbocycles. The van der Waals surface area contributed by atoms with Crippen molar-refractivity contribution in [2.45, 2.75) is 25.8 Å². The van der Waals surface area contributed by atoms with Crippen molar-refractivity contribution in [2.24, 2.45) is 0 Å². The van der Waals surface area contributed by atoms with E-state index in [0.29, 0.717) is 6.04 Å². The number of nitrogens with one attached hydrogen (secondary N) is 1. The SMILES string of the molecule is CCN1CCCNC(Cc2ccccc2)C1. The van der Waals surface area contributed by atoms with Crippen LogP contribution in [0, 0.1) is 0 Å². The van der Waals surface area contributed by atoms with Crippen molar-refractivity contribution < 1.29 is 0 Å². The minimum absolute atomic E-state index is 0.616. The molecule has 2 heteroatoms. The molecule has 1 saturated heterocycles. The van der Waals surface area contributed by atoms with Crippen LogP contribution in [0.4, 0.5) is 0 Å². The Bertz CT molecular complexity index is 297. The smallest absolute Gasteiger partial charge is 0.0235 e. The van der Waals surface area contributed by atoms with Gasteiger partial charge in [-0.25, -0.2) is 0 Å². The molecule has 1 aliphatic heterocycles. The standard InChI is InChI=1S/C14H22N2/c1-2-16-10-6-9-15-14(12-16)11-13-7-4-3-5-8-13/h3-5,7-8,14-15H,2,6,9-12H2,1H3. The van der Waals surface area contributed by atoms with Crippen LogP contribution < -0.4 is 5.32 Å². The third-order valence-electron chi connectivity index (χ3n) is 3.33. The third-order valence-corrected chi connectivity index (χ3v) is 3.33. The van der Waals surface area contributed by atoms with Crippen LogP contribution in [0.15, 0.2) is 30.3 Å². The molecule has 1 unspecified atom stereocenters. The largest absolute Gasteiger partial charge is 0.312 e. The van der Waals surface area contributed by atoms with Gasteiger partial charge >= 0.3 is 0 Å². The molecule has 16 heavy (non-hydrogen) atoms. The van der Waals surface area contributed by atoms with E-state index in [1.807, 2.05) is 0 Å². The number of hydrogen-bond acceptors (Lipinski definition) is 2. The maximum absolute atomic E-state index is 3.65. The molecule has 1 aliphatic rings. The van der Waals surface area contributed by atoms with Crippen molar-refractivity contribution in [1.82, 2.24) is 10.2 Å². The molecular weight excluding hydrogens is 196 g/mol. The van der Waals surface area contributed by atoms with E-state index in [2.05, 4.69) is 47.5 Å². The zero-order valence-corrected chi connectivity index (χ0v) is 10.2. The van der Waals surface area contributed by atoms with Gasteiger partial charge < -0.3 is 10.2 Å². The highest BCUT2D eigenvalue weighted by molar-refractivity contribution is 5.16.